The molecule has 0 amide bonds. The lowest BCUT2D eigenvalue weighted by Crippen LogP contribution is -2.17. The van der Waals surface area contributed by atoms with Crippen LogP contribution in [0.4, 0.5) is 0 Å². The molecule has 0 spiro atoms. The molecule has 0 bridgehead atoms. The predicted octanol–water partition coefficient (Wildman–Crippen LogP) is 3.70. The van der Waals surface area contributed by atoms with Crippen LogP contribution in [-0.2, 0) is 16.3 Å². The Hall–Kier alpha value is 0.1000. The highest BCUT2D eigenvalue weighted by Crippen LogP contribution is 2.60. The summed E-state index contributed by atoms with van der Waals surface area (Å²) in [7, 11) is 3.93. The van der Waals surface area contributed by atoms with Crippen molar-refractivity contribution in [3.63, 3.8) is 0 Å². The minimum absolute atomic E-state index is 0.403. The molecule has 1 atom stereocenters. The average Bonchev–Trinajstić information content (AvgIpc) is 2.27. The van der Waals surface area contributed by atoms with Gasteiger partial charge >= 0.3 is 0 Å². The normalized spacial score (nSPS) is 14.9. The monoisotopic (exact) mass is 319 g/mol. The second kappa shape index (κ2) is 7.77. The molecule has 0 saturated carbocycles. The van der Waals surface area contributed by atoms with Crippen LogP contribution in [0.3, 0.4) is 0 Å². The van der Waals surface area contributed by atoms with E-state index in [1.807, 2.05) is 37.2 Å². The molecule has 0 fully saturated rings. The van der Waals surface area contributed by atoms with E-state index >= 15 is 0 Å². The smallest absolute Gasteiger partial charge is 0.249 e. The molecule has 1 aromatic carbocycles. The predicted molar refractivity (Wildman–Crippen MR) is 87.4 cm³/mol. The molecule has 108 valence electrons. The quantitative estimate of drug-likeness (QED) is 0.775. The summed E-state index contributed by atoms with van der Waals surface area (Å²) in [6, 6.07) is 8.03. The molecule has 0 radical (unpaired) electrons. The third-order valence-corrected chi connectivity index (χ3v) is 6.44. The maximum absolute atomic E-state index is 10.2. The Morgan fingerprint density at radius 2 is 2.00 bits per heavy atom. The molecule has 1 unspecified atom stereocenters. The van der Waals surface area contributed by atoms with Gasteiger partial charge in [-0.2, -0.15) is 0 Å². The van der Waals surface area contributed by atoms with Crippen molar-refractivity contribution in [1.82, 2.24) is 4.90 Å². The van der Waals surface area contributed by atoms with E-state index < -0.39 is 5.69 Å². The van der Waals surface area contributed by atoms with E-state index in [2.05, 4.69) is 19.9 Å². The third-order valence-electron chi connectivity index (χ3n) is 2.55. The van der Waals surface area contributed by atoms with Gasteiger partial charge in [0, 0.05) is 11.4 Å². The number of hydrogen-bond donors (Lipinski definition) is 1. The summed E-state index contributed by atoms with van der Waals surface area (Å²) < 4.78 is 5.48. The molecule has 0 aliphatic rings. The fourth-order valence-corrected chi connectivity index (χ4v) is 5.26. The van der Waals surface area contributed by atoms with E-state index in [0.717, 1.165) is 11.4 Å². The molecule has 1 rings (SSSR count). The van der Waals surface area contributed by atoms with Crippen LogP contribution in [0.5, 0.6) is 0 Å². The highest BCUT2D eigenvalue weighted by Gasteiger charge is 2.19. The van der Waals surface area contributed by atoms with E-state index in [1.165, 1.54) is 16.9 Å². The highest BCUT2D eigenvalue weighted by molar-refractivity contribution is 8.67. The Balaban J connectivity index is 2.70. The van der Waals surface area contributed by atoms with E-state index in [9.17, 15) is 4.89 Å². The summed E-state index contributed by atoms with van der Waals surface area (Å²) >= 11 is 6.51. The van der Waals surface area contributed by atoms with E-state index in [4.69, 9.17) is 16.3 Å². The summed E-state index contributed by atoms with van der Waals surface area (Å²) in [5.41, 5.74) is -1.61. The Morgan fingerprint density at radius 3 is 2.58 bits per heavy atom. The lowest BCUT2D eigenvalue weighted by atomic mass is 10.0. The zero-order chi connectivity index (χ0) is 14.5. The van der Waals surface area contributed by atoms with Crippen LogP contribution in [0.1, 0.15) is 25.3 Å². The van der Waals surface area contributed by atoms with Crippen molar-refractivity contribution in [2.24, 2.45) is 0 Å². The summed E-state index contributed by atoms with van der Waals surface area (Å²) in [6.07, 6.45) is 0. The number of nitrogens with zero attached hydrogens (tertiary/aromatic N) is 1. The van der Waals surface area contributed by atoms with Crippen LogP contribution in [0.2, 0.25) is 0 Å². The summed E-state index contributed by atoms with van der Waals surface area (Å²) in [5, 5.41) is 0. The van der Waals surface area contributed by atoms with Crippen LogP contribution < -0.4 is 0 Å². The largest absolute Gasteiger partial charge is 0.337 e. The summed E-state index contributed by atoms with van der Waals surface area (Å²) in [4.78, 5) is 13.3. The van der Waals surface area contributed by atoms with Gasteiger partial charge in [-0.15, -0.1) is 0 Å². The van der Waals surface area contributed by atoms with Gasteiger partial charge < -0.3 is 14.3 Å². The Kier molecular flexibility index (Phi) is 7.01. The SMILES string of the molecule is CC(C)c1ccccc1SP(O)(=S)OCCN(C)C. The van der Waals surface area contributed by atoms with E-state index in [0.29, 0.717) is 12.5 Å². The first kappa shape index (κ1) is 17.2. The van der Waals surface area contributed by atoms with E-state index in [-0.39, 0.29) is 0 Å². The van der Waals surface area contributed by atoms with Crippen LogP contribution in [0.25, 0.3) is 0 Å². The third kappa shape index (κ3) is 6.39. The number of benzene rings is 1. The van der Waals surface area contributed by atoms with E-state index in [1.54, 1.807) is 0 Å². The van der Waals surface area contributed by atoms with Crippen molar-refractivity contribution in [3.05, 3.63) is 29.8 Å². The number of hydrogen-bond acceptors (Lipinski definition) is 4. The van der Waals surface area contributed by atoms with Gasteiger partial charge in [0.05, 0.1) is 6.61 Å². The number of rotatable bonds is 7. The molecule has 0 aliphatic carbocycles. The number of likely N-dealkylation sites (N-methyl/N-ethyl adjacent to an activating group) is 1. The molecule has 6 heteroatoms. The second-order valence-electron chi connectivity index (χ2n) is 4.89. The molecule has 0 aromatic heterocycles. The topological polar surface area (TPSA) is 32.7 Å². The molecule has 19 heavy (non-hydrogen) atoms. The first-order chi connectivity index (χ1) is 8.82. The van der Waals surface area contributed by atoms with Gasteiger partial charge in [0.25, 0.3) is 0 Å². The zero-order valence-electron chi connectivity index (χ0n) is 11.9. The first-order valence-electron chi connectivity index (χ1n) is 6.22. The minimum Gasteiger partial charge on any atom is -0.337 e. The van der Waals surface area contributed by atoms with Crippen molar-refractivity contribution >= 4 is 28.9 Å². The van der Waals surface area contributed by atoms with Crippen LogP contribution in [0, 0.1) is 0 Å². The molecular weight excluding hydrogens is 297 g/mol. The van der Waals surface area contributed by atoms with Crippen molar-refractivity contribution in [3.8, 4) is 0 Å². The standard InChI is InChI=1S/C13H22NO2PS2/c1-11(2)12-7-5-6-8-13(12)19-17(15,18)16-10-9-14(3)4/h5-8,11H,9-10H2,1-4H3,(H,15,18). The van der Waals surface area contributed by atoms with Crippen LogP contribution in [-0.4, -0.2) is 37.0 Å². The lowest BCUT2D eigenvalue weighted by Gasteiger charge is -2.19. The molecule has 0 saturated heterocycles. The summed E-state index contributed by atoms with van der Waals surface area (Å²) in [6.45, 7) is 5.48. The lowest BCUT2D eigenvalue weighted by molar-refractivity contribution is 0.265. The maximum Gasteiger partial charge on any atom is 0.249 e. The van der Waals surface area contributed by atoms with Gasteiger partial charge in [0.1, 0.15) is 0 Å². The maximum atomic E-state index is 10.2. The van der Waals surface area contributed by atoms with Crippen LogP contribution >= 0.6 is 17.1 Å². The van der Waals surface area contributed by atoms with Crippen molar-refractivity contribution in [1.29, 1.82) is 0 Å². The van der Waals surface area contributed by atoms with Gasteiger partial charge in [-0.05, 0) is 54.8 Å². The van der Waals surface area contributed by atoms with Gasteiger partial charge in [0.2, 0.25) is 5.69 Å². The van der Waals surface area contributed by atoms with Crippen molar-refractivity contribution in [2.45, 2.75) is 24.7 Å². The minimum atomic E-state index is -2.81. The van der Waals surface area contributed by atoms with Gasteiger partial charge in [-0.3, -0.25) is 0 Å². The Labute approximate surface area is 125 Å². The highest BCUT2D eigenvalue weighted by atomic mass is 32.9. The molecular formula is C13H22NO2PS2. The Morgan fingerprint density at radius 1 is 1.37 bits per heavy atom. The van der Waals surface area contributed by atoms with Gasteiger partial charge in [-0.25, -0.2) is 0 Å². The molecule has 3 nitrogen and oxygen atoms in total. The van der Waals surface area contributed by atoms with Crippen molar-refractivity contribution < 1.29 is 9.42 Å². The molecule has 0 heterocycles. The van der Waals surface area contributed by atoms with Crippen LogP contribution in [0.15, 0.2) is 29.2 Å². The molecule has 1 N–H and O–H groups in total. The first-order valence-corrected chi connectivity index (χ1v) is 10.3. The molecule has 0 aliphatic heterocycles. The second-order valence-corrected chi connectivity index (χ2v) is 10.9. The average molecular weight is 319 g/mol. The van der Waals surface area contributed by atoms with Gasteiger partial charge in [0.15, 0.2) is 0 Å². The zero-order valence-corrected chi connectivity index (χ0v) is 14.4. The fraction of sp³-hybridized carbons (Fsp3) is 0.538. The Bertz CT molecular complexity index is 452. The van der Waals surface area contributed by atoms with Crippen molar-refractivity contribution in [2.75, 3.05) is 27.2 Å². The molecule has 1 aromatic rings. The fourth-order valence-electron chi connectivity index (χ4n) is 1.53. The summed E-state index contributed by atoms with van der Waals surface area (Å²) in [5.74, 6) is 0.403. The van der Waals surface area contributed by atoms with Gasteiger partial charge in [-0.1, -0.05) is 32.0 Å².